The van der Waals surface area contributed by atoms with Gasteiger partial charge in [-0.15, -0.1) is 0 Å². The Balaban J connectivity index is 3.11. The first-order valence-electron chi connectivity index (χ1n) is 9.02. The van der Waals surface area contributed by atoms with Gasteiger partial charge in [-0.1, -0.05) is 12.1 Å². The molecule has 0 aliphatic heterocycles. The number of anilines is 1. The van der Waals surface area contributed by atoms with E-state index in [0.29, 0.717) is 0 Å². The maximum absolute atomic E-state index is 12.6. The predicted molar refractivity (Wildman–Crippen MR) is 107 cm³/mol. The van der Waals surface area contributed by atoms with Crippen LogP contribution in [0.15, 0.2) is 36.0 Å². The summed E-state index contributed by atoms with van der Waals surface area (Å²) in [6.07, 6.45) is 0.332. The number of rotatable bonds is 7. The Bertz CT molecular complexity index is 821. The molecule has 0 radical (unpaired) electrons. The summed E-state index contributed by atoms with van der Waals surface area (Å²) in [7, 11) is 0. The first-order chi connectivity index (χ1) is 13.6. The molecule has 3 N–H and O–H groups in total. The van der Waals surface area contributed by atoms with Crippen molar-refractivity contribution < 1.29 is 23.9 Å². The highest BCUT2D eigenvalue weighted by Gasteiger charge is 2.23. The van der Waals surface area contributed by atoms with Gasteiger partial charge in [-0.25, -0.2) is 9.59 Å². The lowest BCUT2D eigenvalue weighted by Gasteiger charge is -2.25. The Morgan fingerprint density at radius 3 is 2.48 bits per heavy atom. The van der Waals surface area contributed by atoms with E-state index in [4.69, 9.17) is 15.2 Å². The average molecular weight is 402 g/mol. The molecule has 0 spiro atoms. The number of carbonyl (C=O) groups excluding carboxylic acids is 3. The Kier molecular flexibility index (Phi) is 8.83. The van der Waals surface area contributed by atoms with Gasteiger partial charge in [0.25, 0.3) is 5.91 Å². The number of nitrogens with zero attached hydrogens (tertiary/aromatic N) is 2. The van der Waals surface area contributed by atoms with Gasteiger partial charge in [0.2, 0.25) is 0 Å². The third kappa shape index (κ3) is 7.63. The van der Waals surface area contributed by atoms with E-state index in [-0.39, 0.29) is 36.5 Å². The largest absolute Gasteiger partial charge is 0.462 e. The van der Waals surface area contributed by atoms with Crippen molar-refractivity contribution in [2.75, 3.05) is 25.0 Å². The topological polar surface area (TPSA) is 135 Å². The highest BCUT2D eigenvalue weighted by atomic mass is 16.6. The third-order valence-corrected chi connectivity index (χ3v) is 3.32. The van der Waals surface area contributed by atoms with Crippen LogP contribution < -0.4 is 11.1 Å². The van der Waals surface area contributed by atoms with Crippen LogP contribution in [0.4, 0.5) is 10.5 Å². The second kappa shape index (κ2) is 10.8. The number of nitriles is 1. The van der Waals surface area contributed by atoms with Crippen molar-refractivity contribution in [3.63, 3.8) is 0 Å². The van der Waals surface area contributed by atoms with Gasteiger partial charge in [0.15, 0.2) is 0 Å². The van der Waals surface area contributed by atoms with Crippen LogP contribution in [0.25, 0.3) is 0 Å². The van der Waals surface area contributed by atoms with Crippen LogP contribution in [0, 0.1) is 11.3 Å². The number of carbonyl (C=O) groups is 3. The molecule has 1 rings (SSSR count). The van der Waals surface area contributed by atoms with Crippen LogP contribution in [-0.4, -0.2) is 48.2 Å². The molecule has 156 valence electrons. The molecule has 0 bridgehead atoms. The van der Waals surface area contributed by atoms with Crippen molar-refractivity contribution in [3.8, 4) is 6.07 Å². The van der Waals surface area contributed by atoms with E-state index in [2.05, 4.69) is 5.32 Å². The normalized spacial score (nSPS) is 11.2. The number of para-hydroxylation sites is 1. The van der Waals surface area contributed by atoms with Crippen LogP contribution in [0.1, 0.15) is 38.1 Å². The zero-order valence-corrected chi connectivity index (χ0v) is 17.0. The van der Waals surface area contributed by atoms with Crippen molar-refractivity contribution in [3.05, 3.63) is 41.6 Å². The minimum Gasteiger partial charge on any atom is -0.462 e. The zero-order chi connectivity index (χ0) is 22.0. The summed E-state index contributed by atoms with van der Waals surface area (Å²) in [5.41, 5.74) is 4.72. The van der Waals surface area contributed by atoms with Crippen molar-refractivity contribution in [1.29, 1.82) is 5.26 Å². The number of esters is 1. The lowest BCUT2D eigenvalue weighted by molar-refractivity contribution is -0.112. The SMILES string of the molecule is CCOC(=O)c1ccccc1NC(=O)/C(C#N)=C\N(CCN)C(=O)OC(C)(C)C. The molecule has 0 aliphatic carbocycles. The van der Waals surface area contributed by atoms with Gasteiger partial charge >= 0.3 is 12.1 Å². The fourth-order valence-corrected chi connectivity index (χ4v) is 2.13. The molecule has 1 aromatic rings. The van der Waals surface area contributed by atoms with Crippen LogP contribution >= 0.6 is 0 Å². The molecule has 0 saturated heterocycles. The van der Waals surface area contributed by atoms with Gasteiger partial charge in [0.1, 0.15) is 17.2 Å². The lowest BCUT2D eigenvalue weighted by atomic mass is 10.1. The summed E-state index contributed by atoms with van der Waals surface area (Å²) >= 11 is 0. The van der Waals surface area contributed by atoms with Crippen molar-refractivity contribution >= 4 is 23.7 Å². The van der Waals surface area contributed by atoms with Crippen LogP contribution in [0.2, 0.25) is 0 Å². The molecule has 29 heavy (non-hydrogen) atoms. The third-order valence-electron chi connectivity index (χ3n) is 3.32. The average Bonchev–Trinajstić information content (AvgIpc) is 2.64. The van der Waals surface area contributed by atoms with E-state index in [9.17, 15) is 19.6 Å². The van der Waals surface area contributed by atoms with E-state index in [1.807, 2.05) is 0 Å². The highest BCUT2D eigenvalue weighted by molar-refractivity contribution is 6.09. The summed E-state index contributed by atoms with van der Waals surface area (Å²) in [5, 5.41) is 11.9. The molecule has 0 atom stereocenters. The number of benzene rings is 1. The monoisotopic (exact) mass is 402 g/mol. The molecule has 2 amide bonds. The Labute approximate surface area is 170 Å². The Hall–Kier alpha value is -3.38. The maximum Gasteiger partial charge on any atom is 0.414 e. The van der Waals surface area contributed by atoms with Crippen molar-refractivity contribution in [1.82, 2.24) is 4.90 Å². The number of ether oxygens (including phenoxy) is 2. The molecule has 0 heterocycles. The first-order valence-corrected chi connectivity index (χ1v) is 9.02. The fourth-order valence-electron chi connectivity index (χ4n) is 2.13. The maximum atomic E-state index is 12.6. The summed E-state index contributed by atoms with van der Waals surface area (Å²) in [6.45, 7) is 7.07. The zero-order valence-electron chi connectivity index (χ0n) is 17.0. The highest BCUT2D eigenvalue weighted by Crippen LogP contribution is 2.18. The number of nitrogens with two attached hydrogens (primary N) is 1. The van der Waals surface area contributed by atoms with Gasteiger partial charge in [0.05, 0.1) is 17.9 Å². The minimum atomic E-state index is -0.796. The summed E-state index contributed by atoms with van der Waals surface area (Å²) in [5.74, 6) is -1.40. The Morgan fingerprint density at radius 2 is 1.93 bits per heavy atom. The van der Waals surface area contributed by atoms with Crippen molar-refractivity contribution in [2.45, 2.75) is 33.3 Å². The van der Waals surface area contributed by atoms with Gasteiger partial charge < -0.3 is 20.5 Å². The molecule has 0 saturated carbocycles. The van der Waals surface area contributed by atoms with E-state index in [1.165, 1.54) is 12.1 Å². The minimum absolute atomic E-state index is 0.0484. The number of nitrogens with one attached hydrogen (secondary N) is 1. The van der Waals surface area contributed by atoms with Crippen molar-refractivity contribution in [2.24, 2.45) is 5.73 Å². The molecule has 0 aliphatic rings. The second-order valence-corrected chi connectivity index (χ2v) is 6.84. The standard InChI is InChI=1S/C20H26N4O5/c1-5-28-18(26)15-8-6-7-9-16(15)23-17(25)14(12-22)13-24(11-10-21)19(27)29-20(2,3)4/h6-9,13H,5,10-11,21H2,1-4H3,(H,23,25)/b14-13-. The van der Waals surface area contributed by atoms with Gasteiger partial charge in [0, 0.05) is 19.3 Å². The number of hydrogen-bond acceptors (Lipinski definition) is 7. The molecule has 9 heteroatoms. The molecular formula is C20H26N4O5. The smallest absolute Gasteiger partial charge is 0.414 e. The number of hydrogen-bond donors (Lipinski definition) is 2. The van der Waals surface area contributed by atoms with Gasteiger partial charge in [-0.2, -0.15) is 5.26 Å². The quantitative estimate of drug-likeness (QED) is 0.406. The Morgan fingerprint density at radius 1 is 1.28 bits per heavy atom. The number of amides is 2. The fraction of sp³-hybridized carbons (Fsp3) is 0.400. The molecule has 9 nitrogen and oxygen atoms in total. The van der Waals surface area contributed by atoms with E-state index < -0.39 is 23.6 Å². The van der Waals surface area contributed by atoms with Crippen LogP contribution in [-0.2, 0) is 14.3 Å². The van der Waals surface area contributed by atoms with Gasteiger partial charge in [-0.05, 0) is 39.8 Å². The van der Waals surface area contributed by atoms with E-state index >= 15 is 0 Å². The molecule has 1 aromatic carbocycles. The molecule has 0 fully saturated rings. The first kappa shape index (κ1) is 23.7. The summed E-state index contributed by atoms with van der Waals surface area (Å²) in [6, 6.07) is 7.98. The summed E-state index contributed by atoms with van der Waals surface area (Å²) in [4.78, 5) is 37.9. The van der Waals surface area contributed by atoms with E-state index in [0.717, 1.165) is 11.1 Å². The van der Waals surface area contributed by atoms with Gasteiger partial charge in [-0.3, -0.25) is 9.69 Å². The second-order valence-electron chi connectivity index (χ2n) is 6.84. The lowest BCUT2D eigenvalue weighted by Crippen LogP contribution is -2.37. The van der Waals surface area contributed by atoms with E-state index in [1.54, 1.807) is 45.9 Å². The predicted octanol–water partition coefficient (Wildman–Crippen LogP) is 2.41. The molecular weight excluding hydrogens is 376 g/mol. The molecule has 0 aromatic heterocycles. The van der Waals surface area contributed by atoms with Crippen LogP contribution in [0.5, 0.6) is 0 Å². The summed E-state index contributed by atoms with van der Waals surface area (Å²) < 4.78 is 10.2. The molecule has 0 unspecified atom stereocenters. The van der Waals surface area contributed by atoms with Crippen LogP contribution in [0.3, 0.4) is 0 Å².